The molecule has 0 aliphatic rings. The Balaban J connectivity index is 1.53. The monoisotopic (exact) mass is 436 g/mol. The van der Waals surface area contributed by atoms with Crippen molar-refractivity contribution in [3.8, 4) is 10.6 Å². The Labute approximate surface area is 182 Å². The SMILES string of the molecule is Cc1ccc(NC(=O)COC(=O)c2cc(-c3cccs3)nc3ccccc23)c(Cl)c1. The summed E-state index contributed by atoms with van der Waals surface area (Å²) in [5, 5.41) is 5.70. The van der Waals surface area contributed by atoms with Crippen LogP contribution in [0.5, 0.6) is 0 Å². The fourth-order valence-electron chi connectivity index (χ4n) is 3.01. The summed E-state index contributed by atoms with van der Waals surface area (Å²) in [5.41, 5.74) is 3.19. The molecule has 0 radical (unpaired) electrons. The lowest BCUT2D eigenvalue weighted by atomic mass is 10.1. The van der Waals surface area contributed by atoms with Crippen molar-refractivity contribution in [1.29, 1.82) is 0 Å². The number of para-hydroxylation sites is 1. The third-order valence-corrected chi connectivity index (χ3v) is 5.65. The van der Waals surface area contributed by atoms with Gasteiger partial charge in [-0.2, -0.15) is 0 Å². The second kappa shape index (κ2) is 8.65. The van der Waals surface area contributed by atoms with Gasteiger partial charge >= 0.3 is 5.97 Å². The van der Waals surface area contributed by atoms with Crippen LogP contribution in [0.3, 0.4) is 0 Å². The number of carbonyl (C=O) groups is 2. The van der Waals surface area contributed by atoms with Crippen molar-refractivity contribution >= 4 is 51.4 Å². The minimum atomic E-state index is -0.587. The molecule has 0 aliphatic carbocycles. The molecule has 1 N–H and O–H groups in total. The van der Waals surface area contributed by atoms with Gasteiger partial charge in [0.15, 0.2) is 6.61 Å². The molecule has 0 saturated carbocycles. The van der Waals surface area contributed by atoms with Crippen LogP contribution in [-0.4, -0.2) is 23.5 Å². The van der Waals surface area contributed by atoms with Crippen LogP contribution in [0.4, 0.5) is 5.69 Å². The van der Waals surface area contributed by atoms with E-state index >= 15 is 0 Å². The van der Waals surface area contributed by atoms with Crippen molar-refractivity contribution < 1.29 is 14.3 Å². The maximum Gasteiger partial charge on any atom is 0.339 e. The number of pyridine rings is 1. The van der Waals surface area contributed by atoms with Crippen molar-refractivity contribution in [2.75, 3.05) is 11.9 Å². The van der Waals surface area contributed by atoms with Gasteiger partial charge in [0.05, 0.1) is 32.4 Å². The molecule has 0 unspecified atom stereocenters. The number of halogens is 1. The van der Waals surface area contributed by atoms with E-state index in [4.69, 9.17) is 16.3 Å². The van der Waals surface area contributed by atoms with Gasteiger partial charge in [-0.3, -0.25) is 4.79 Å². The van der Waals surface area contributed by atoms with Crippen LogP contribution in [0.25, 0.3) is 21.5 Å². The largest absolute Gasteiger partial charge is 0.452 e. The second-order valence-electron chi connectivity index (χ2n) is 6.66. The number of nitrogens with one attached hydrogen (secondary N) is 1. The normalized spacial score (nSPS) is 10.7. The summed E-state index contributed by atoms with van der Waals surface area (Å²) in [7, 11) is 0. The lowest BCUT2D eigenvalue weighted by molar-refractivity contribution is -0.119. The number of hydrogen-bond donors (Lipinski definition) is 1. The molecule has 150 valence electrons. The Kier molecular flexibility index (Phi) is 5.79. The summed E-state index contributed by atoms with van der Waals surface area (Å²) in [6.07, 6.45) is 0. The van der Waals surface area contributed by atoms with E-state index in [2.05, 4.69) is 10.3 Å². The summed E-state index contributed by atoms with van der Waals surface area (Å²) in [4.78, 5) is 30.6. The van der Waals surface area contributed by atoms with Crippen LogP contribution < -0.4 is 5.32 Å². The van der Waals surface area contributed by atoms with Gasteiger partial charge in [-0.1, -0.05) is 41.9 Å². The molecule has 0 fully saturated rings. The van der Waals surface area contributed by atoms with Crippen molar-refractivity contribution in [2.45, 2.75) is 6.92 Å². The number of carbonyl (C=O) groups excluding carboxylic acids is 2. The molecule has 30 heavy (non-hydrogen) atoms. The summed E-state index contributed by atoms with van der Waals surface area (Å²) in [6, 6.07) is 18.2. The first-order valence-electron chi connectivity index (χ1n) is 9.18. The third-order valence-electron chi connectivity index (χ3n) is 4.44. The summed E-state index contributed by atoms with van der Waals surface area (Å²) < 4.78 is 5.29. The fourth-order valence-corrected chi connectivity index (χ4v) is 3.98. The molecule has 0 saturated heterocycles. The lowest BCUT2D eigenvalue weighted by Crippen LogP contribution is -2.21. The van der Waals surface area contributed by atoms with Gasteiger partial charge in [-0.25, -0.2) is 9.78 Å². The van der Waals surface area contributed by atoms with Gasteiger partial charge in [0, 0.05) is 5.39 Å². The Bertz CT molecular complexity index is 1240. The molecule has 5 nitrogen and oxygen atoms in total. The minimum Gasteiger partial charge on any atom is -0.452 e. The number of aromatic nitrogens is 1. The molecular weight excluding hydrogens is 420 g/mol. The van der Waals surface area contributed by atoms with Crippen LogP contribution in [0, 0.1) is 6.92 Å². The van der Waals surface area contributed by atoms with E-state index < -0.39 is 18.5 Å². The van der Waals surface area contributed by atoms with Crippen LogP contribution >= 0.6 is 22.9 Å². The van der Waals surface area contributed by atoms with Crippen molar-refractivity contribution in [3.05, 3.63) is 82.2 Å². The standard InChI is InChI=1S/C23H17ClN2O3S/c1-14-8-9-19(17(24)11-14)26-22(27)13-29-23(28)16-12-20(21-7-4-10-30-21)25-18-6-3-2-5-15(16)18/h2-12H,13H2,1H3,(H,26,27). The molecule has 0 atom stereocenters. The average Bonchev–Trinajstić information content (AvgIpc) is 3.28. The smallest absolute Gasteiger partial charge is 0.339 e. The molecule has 4 rings (SSSR count). The van der Waals surface area contributed by atoms with Gasteiger partial charge in [-0.05, 0) is 48.2 Å². The van der Waals surface area contributed by atoms with E-state index in [1.807, 2.05) is 54.8 Å². The highest BCUT2D eigenvalue weighted by Crippen LogP contribution is 2.28. The van der Waals surface area contributed by atoms with E-state index in [9.17, 15) is 9.59 Å². The lowest BCUT2D eigenvalue weighted by Gasteiger charge is -2.10. The Morgan fingerprint density at radius 1 is 1.10 bits per heavy atom. The topological polar surface area (TPSA) is 68.3 Å². The number of ether oxygens (including phenoxy) is 1. The average molecular weight is 437 g/mol. The number of hydrogen-bond acceptors (Lipinski definition) is 5. The number of benzene rings is 2. The van der Waals surface area contributed by atoms with Crippen LogP contribution in [0.2, 0.25) is 5.02 Å². The van der Waals surface area contributed by atoms with Crippen molar-refractivity contribution in [3.63, 3.8) is 0 Å². The zero-order chi connectivity index (χ0) is 21.1. The van der Waals surface area contributed by atoms with Crippen LogP contribution in [0.1, 0.15) is 15.9 Å². The first-order chi connectivity index (χ1) is 14.5. The molecule has 0 spiro atoms. The first-order valence-corrected chi connectivity index (χ1v) is 10.4. The summed E-state index contributed by atoms with van der Waals surface area (Å²) in [5.74, 6) is -1.05. The Morgan fingerprint density at radius 2 is 1.93 bits per heavy atom. The van der Waals surface area contributed by atoms with E-state index in [0.717, 1.165) is 10.4 Å². The zero-order valence-corrected chi connectivity index (χ0v) is 17.6. The van der Waals surface area contributed by atoms with E-state index in [1.54, 1.807) is 18.2 Å². The molecular formula is C23H17ClN2O3S. The van der Waals surface area contributed by atoms with Gasteiger partial charge in [-0.15, -0.1) is 11.3 Å². The highest BCUT2D eigenvalue weighted by molar-refractivity contribution is 7.13. The molecule has 0 bridgehead atoms. The van der Waals surface area contributed by atoms with Crippen LogP contribution in [0.15, 0.2) is 66.0 Å². The maximum absolute atomic E-state index is 12.8. The Morgan fingerprint density at radius 3 is 2.70 bits per heavy atom. The fraction of sp³-hybridized carbons (Fsp3) is 0.0870. The molecule has 2 heterocycles. The zero-order valence-electron chi connectivity index (χ0n) is 16.0. The summed E-state index contributed by atoms with van der Waals surface area (Å²) in [6.45, 7) is 1.48. The van der Waals surface area contributed by atoms with Crippen LogP contribution in [-0.2, 0) is 9.53 Å². The summed E-state index contributed by atoms with van der Waals surface area (Å²) >= 11 is 7.67. The molecule has 4 aromatic rings. The van der Waals surface area contributed by atoms with Gasteiger partial charge in [0.1, 0.15) is 0 Å². The Hall–Kier alpha value is -3.22. The number of anilines is 1. The first kappa shape index (κ1) is 20.1. The highest BCUT2D eigenvalue weighted by Gasteiger charge is 2.17. The number of fused-ring (bicyclic) bond motifs is 1. The molecule has 1 amide bonds. The number of nitrogens with zero attached hydrogens (tertiary/aromatic N) is 1. The van der Waals surface area contributed by atoms with E-state index in [-0.39, 0.29) is 0 Å². The minimum absolute atomic E-state index is 0.366. The molecule has 0 aliphatic heterocycles. The molecule has 7 heteroatoms. The number of thiophene rings is 1. The van der Waals surface area contributed by atoms with E-state index in [1.165, 1.54) is 11.3 Å². The highest BCUT2D eigenvalue weighted by atomic mass is 35.5. The number of amides is 1. The maximum atomic E-state index is 12.8. The second-order valence-corrected chi connectivity index (χ2v) is 8.01. The quantitative estimate of drug-likeness (QED) is 0.406. The van der Waals surface area contributed by atoms with Gasteiger partial charge < -0.3 is 10.1 Å². The predicted molar refractivity (Wildman–Crippen MR) is 120 cm³/mol. The van der Waals surface area contributed by atoms with E-state index in [0.29, 0.717) is 32.9 Å². The predicted octanol–water partition coefficient (Wildman–Crippen LogP) is 5.72. The van der Waals surface area contributed by atoms with Crippen molar-refractivity contribution in [1.82, 2.24) is 4.98 Å². The third kappa shape index (κ3) is 4.35. The molecule has 2 aromatic carbocycles. The number of esters is 1. The molecule has 2 aromatic heterocycles. The number of aryl methyl sites for hydroxylation is 1. The van der Waals surface area contributed by atoms with Gasteiger partial charge in [0.25, 0.3) is 5.91 Å². The van der Waals surface area contributed by atoms with Gasteiger partial charge in [0.2, 0.25) is 0 Å². The van der Waals surface area contributed by atoms with Crippen molar-refractivity contribution in [2.24, 2.45) is 0 Å². The number of rotatable bonds is 5.